The second-order valence-corrected chi connectivity index (χ2v) is 6.98. The maximum Gasteiger partial charge on any atom is 0.251 e. The van der Waals surface area contributed by atoms with Crippen LogP contribution in [0.1, 0.15) is 42.5 Å². The third-order valence-corrected chi connectivity index (χ3v) is 5.14. The Kier molecular flexibility index (Phi) is 4.34. The minimum absolute atomic E-state index is 0.0165. The highest BCUT2D eigenvalue weighted by Gasteiger charge is 2.39. The molecule has 2 bridgehead atoms. The molecule has 2 fully saturated rings. The zero-order valence-electron chi connectivity index (χ0n) is 13.5. The smallest absolute Gasteiger partial charge is 0.251 e. The van der Waals surface area contributed by atoms with Crippen molar-refractivity contribution in [3.05, 3.63) is 23.9 Å². The third-order valence-electron chi connectivity index (χ3n) is 5.14. The molecule has 2 saturated carbocycles. The summed E-state index contributed by atoms with van der Waals surface area (Å²) in [5.74, 6) is 1.91. The van der Waals surface area contributed by atoms with E-state index in [0.29, 0.717) is 23.4 Å². The van der Waals surface area contributed by atoms with Gasteiger partial charge in [-0.2, -0.15) is 0 Å². The van der Waals surface area contributed by atoms with Crippen molar-refractivity contribution in [2.45, 2.75) is 44.2 Å². The molecular weight excluding hydrogens is 276 g/mol. The minimum Gasteiger partial charge on any atom is -0.363 e. The van der Waals surface area contributed by atoms with Crippen LogP contribution in [0.3, 0.4) is 0 Å². The summed E-state index contributed by atoms with van der Waals surface area (Å²) in [6, 6.07) is 4.23. The van der Waals surface area contributed by atoms with Gasteiger partial charge in [0, 0.05) is 37.9 Å². The molecule has 0 spiro atoms. The molecule has 0 saturated heterocycles. The Morgan fingerprint density at radius 2 is 2.00 bits per heavy atom. The first-order valence-corrected chi connectivity index (χ1v) is 8.24. The molecule has 120 valence electrons. The van der Waals surface area contributed by atoms with Crippen molar-refractivity contribution in [1.82, 2.24) is 10.3 Å². The fourth-order valence-electron chi connectivity index (χ4n) is 4.06. The van der Waals surface area contributed by atoms with E-state index in [1.54, 1.807) is 12.3 Å². The SMILES string of the molecule is CN(C)c1cc(C(=O)NC2C3CCCC2CC(N)C3)ccn1. The van der Waals surface area contributed by atoms with Gasteiger partial charge in [0.2, 0.25) is 0 Å². The Balaban J connectivity index is 1.72. The van der Waals surface area contributed by atoms with Crippen LogP contribution < -0.4 is 16.0 Å². The third kappa shape index (κ3) is 3.09. The maximum absolute atomic E-state index is 12.6. The van der Waals surface area contributed by atoms with Crippen LogP contribution in [-0.2, 0) is 0 Å². The first kappa shape index (κ1) is 15.3. The number of hydrogen-bond donors (Lipinski definition) is 2. The van der Waals surface area contributed by atoms with E-state index in [9.17, 15) is 4.79 Å². The van der Waals surface area contributed by atoms with E-state index in [1.807, 2.05) is 25.1 Å². The van der Waals surface area contributed by atoms with E-state index in [4.69, 9.17) is 5.73 Å². The second kappa shape index (κ2) is 6.24. The van der Waals surface area contributed by atoms with Gasteiger partial charge in [-0.1, -0.05) is 6.42 Å². The van der Waals surface area contributed by atoms with Gasteiger partial charge in [0.05, 0.1) is 0 Å². The van der Waals surface area contributed by atoms with Crippen LogP contribution in [0.2, 0.25) is 0 Å². The zero-order chi connectivity index (χ0) is 15.7. The number of pyridine rings is 1. The molecular formula is C17H26N4O. The Hall–Kier alpha value is -1.62. The van der Waals surface area contributed by atoms with Gasteiger partial charge in [0.25, 0.3) is 5.91 Å². The largest absolute Gasteiger partial charge is 0.363 e. The molecule has 0 aliphatic heterocycles. The Bertz CT molecular complexity index is 531. The number of aromatic nitrogens is 1. The van der Waals surface area contributed by atoms with Crippen LogP contribution in [0.5, 0.6) is 0 Å². The zero-order valence-corrected chi connectivity index (χ0v) is 13.5. The van der Waals surface area contributed by atoms with E-state index in [2.05, 4.69) is 10.3 Å². The summed E-state index contributed by atoms with van der Waals surface area (Å²) in [4.78, 5) is 18.8. The van der Waals surface area contributed by atoms with Gasteiger partial charge in [-0.05, 0) is 49.7 Å². The summed E-state index contributed by atoms with van der Waals surface area (Å²) in [5, 5.41) is 3.28. The number of nitrogens with two attached hydrogens (primary N) is 1. The number of nitrogens with one attached hydrogen (secondary N) is 1. The average molecular weight is 302 g/mol. The van der Waals surface area contributed by atoms with Crippen molar-refractivity contribution in [1.29, 1.82) is 0 Å². The number of fused-ring (bicyclic) bond motifs is 2. The molecule has 3 rings (SSSR count). The predicted octanol–water partition coefficient (Wildman–Crippen LogP) is 1.78. The monoisotopic (exact) mass is 302 g/mol. The molecule has 1 aromatic rings. The van der Waals surface area contributed by atoms with Crippen molar-refractivity contribution in [3.8, 4) is 0 Å². The molecule has 2 atom stereocenters. The summed E-state index contributed by atoms with van der Waals surface area (Å²) in [6.45, 7) is 0. The lowest BCUT2D eigenvalue weighted by atomic mass is 9.67. The van der Waals surface area contributed by atoms with Gasteiger partial charge in [-0.25, -0.2) is 4.98 Å². The summed E-state index contributed by atoms with van der Waals surface area (Å²) in [5.41, 5.74) is 6.84. The van der Waals surface area contributed by atoms with E-state index in [0.717, 1.165) is 18.7 Å². The van der Waals surface area contributed by atoms with Gasteiger partial charge < -0.3 is 16.0 Å². The van der Waals surface area contributed by atoms with Crippen molar-refractivity contribution in [2.24, 2.45) is 17.6 Å². The fourth-order valence-corrected chi connectivity index (χ4v) is 4.06. The number of hydrogen-bond acceptors (Lipinski definition) is 4. The van der Waals surface area contributed by atoms with Crippen molar-refractivity contribution >= 4 is 11.7 Å². The van der Waals surface area contributed by atoms with Crippen molar-refractivity contribution in [2.75, 3.05) is 19.0 Å². The Labute approximate surface area is 132 Å². The number of carbonyl (C=O) groups is 1. The summed E-state index contributed by atoms with van der Waals surface area (Å²) in [6.07, 6.45) is 7.43. The molecule has 5 heteroatoms. The van der Waals surface area contributed by atoms with Crippen LogP contribution in [0, 0.1) is 11.8 Å². The van der Waals surface area contributed by atoms with Crippen LogP contribution in [0.15, 0.2) is 18.3 Å². The summed E-state index contributed by atoms with van der Waals surface area (Å²) < 4.78 is 0. The predicted molar refractivity (Wildman–Crippen MR) is 87.9 cm³/mol. The highest BCUT2D eigenvalue weighted by molar-refractivity contribution is 5.95. The van der Waals surface area contributed by atoms with Crippen molar-refractivity contribution < 1.29 is 4.79 Å². The van der Waals surface area contributed by atoms with Gasteiger partial charge in [-0.3, -0.25) is 4.79 Å². The molecule has 2 unspecified atom stereocenters. The van der Waals surface area contributed by atoms with E-state index in [1.165, 1.54) is 19.3 Å². The van der Waals surface area contributed by atoms with Gasteiger partial charge >= 0.3 is 0 Å². The number of anilines is 1. The van der Waals surface area contributed by atoms with E-state index < -0.39 is 0 Å². The highest BCUT2D eigenvalue weighted by atomic mass is 16.1. The quantitative estimate of drug-likeness (QED) is 0.893. The molecule has 1 aromatic heterocycles. The fraction of sp³-hybridized carbons (Fsp3) is 0.647. The average Bonchev–Trinajstić information content (AvgIpc) is 2.48. The molecule has 2 aliphatic carbocycles. The lowest BCUT2D eigenvalue weighted by Crippen LogP contribution is -2.53. The standard InChI is InChI=1S/C17H26N4O/c1-21(2)15-10-13(6-7-19-15)17(22)20-16-11-4-3-5-12(16)9-14(18)8-11/h6-7,10-12,14,16H,3-5,8-9,18H2,1-2H3,(H,20,22). The summed E-state index contributed by atoms with van der Waals surface area (Å²) >= 11 is 0. The molecule has 1 amide bonds. The minimum atomic E-state index is 0.0165. The number of nitrogens with zero attached hydrogens (tertiary/aromatic N) is 2. The molecule has 0 radical (unpaired) electrons. The topological polar surface area (TPSA) is 71.2 Å². The second-order valence-electron chi connectivity index (χ2n) is 6.98. The highest BCUT2D eigenvalue weighted by Crippen LogP contribution is 2.39. The van der Waals surface area contributed by atoms with Gasteiger partial charge in [0.1, 0.15) is 5.82 Å². The molecule has 3 N–H and O–H groups in total. The van der Waals surface area contributed by atoms with Gasteiger partial charge in [0.15, 0.2) is 0 Å². The first-order chi connectivity index (χ1) is 10.5. The Morgan fingerprint density at radius 1 is 1.32 bits per heavy atom. The molecule has 22 heavy (non-hydrogen) atoms. The molecule has 0 aromatic carbocycles. The maximum atomic E-state index is 12.6. The Morgan fingerprint density at radius 3 is 2.64 bits per heavy atom. The lowest BCUT2D eigenvalue weighted by molar-refractivity contribution is 0.0756. The molecule has 2 aliphatic rings. The number of amides is 1. The molecule has 5 nitrogen and oxygen atoms in total. The van der Waals surface area contributed by atoms with Crippen molar-refractivity contribution in [3.63, 3.8) is 0 Å². The van der Waals surface area contributed by atoms with Crippen LogP contribution in [0.25, 0.3) is 0 Å². The number of rotatable bonds is 3. The van der Waals surface area contributed by atoms with Crippen LogP contribution in [-0.4, -0.2) is 37.1 Å². The molecule has 1 heterocycles. The number of carbonyl (C=O) groups excluding carboxylic acids is 1. The van der Waals surface area contributed by atoms with Crippen LogP contribution >= 0.6 is 0 Å². The van der Waals surface area contributed by atoms with Gasteiger partial charge in [-0.15, -0.1) is 0 Å². The van der Waals surface area contributed by atoms with Crippen LogP contribution in [0.4, 0.5) is 5.82 Å². The van der Waals surface area contributed by atoms with E-state index in [-0.39, 0.29) is 11.9 Å². The summed E-state index contributed by atoms with van der Waals surface area (Å²) in [7, 11) is 3.86. The van der Waals surface area contributed by atoms with E-state index >= 15 is 0 Å². The normalized spacial score (nSPS) is 30.7. The first-order valence-electron chi connectivity index (χ1n) is 8.24. The lowest BCUT2D eigenvalue weighted by Gasteiger charge is -2.45.